The molecular weight excluding hydrogens is 392 g/mol. The molecule has 0 aliphatic heterocycles. The summed E-state index contributed by atoms with van der Waals surface area (Å²) in [4.78, 5) is 51.3. The highest BCUT2D eigenvalue weighted by molar-refractivity contribution is 6.00. The molecule has 0 saturated heterocycles. The minimum atomic E-state index is -0.608. The summed E-state index contributed by atoms with van der Waals surface area (Å²) in [6.07, 6.45) is 4.37. The molecule has 0 radical (unpaired) electrons. The van der Waals surface area contributed by atoms with E-state index in [-0.39, 0.29) is 34.2 Å². The van der Waals surface area contributed by atoms with Crippen molar-refractivity contribution in [3.8, 4) is 0 Å². The summed E-state index contributed by atoms with van der Waals surface area (Å²) in [6, 6.07) is 0. The van der Waals surface area contributed by atoms with Gasteiger partial charge in [-0.1, -0.05) is 41.5 Å². The maximum Gasteiger partial charge on any atom is 0.227 e. The number of carbonyl (C=O) groups is 4. The SMILES string of the molecule is CC1(C)[C@]2(C(=O)NCCCNC(=O)[C@@]34CC[C@](C)(C(=O)C3)C4(C)C)CC[C@]1(C)C(=O)C2. The number of carbonyl (C=O) groups excluding carboxylic acids is 4. The highest BCUT2D eigenvalue weighted by atomic mass is 16.2. The van der Waals surface area contributed by atoms with Gasteiger partial charge < -0.3 is 10.6 Å². The van der Waals surface area contributed by atoms with Crippen molar-refractivity contribution in [3.63, 3.8) is 0 Å². The number of nitrogens with one attached hydrogen (secondary N) is 2. The summed E-state index contributed by atoms with van der Waals surface area (Å²) in [5.41, 5.74) is -2.71. The minimum Gasteiger partial charge on any atom is -0.356 e. The van der Waals surface area contributed by atoms with Crippen molar-refractivity contribution >= 4 is 23.4 Å². The molecular formula is C25H38N2O4. The first-order chi connectivity index (χ1) is 14.2. The number of rotatable bonds is 6. The minimum absolute atomic E-state index is 0.0222. The van der Waals surface area contributed by atoms with Gasteiger partial charge >= 0.3 is 0 Å². The molecule has 4 aliphatic rings. The molecule has 0 heterocycles. The van der Waals surface area contributed by atoms with E-state index in [4.69, 9.17) is 0 Å². The number of fused-ring (bicyclic) bond motifs is 4. The van der Waals surface area contributed by atoms with Gasteiger partial charge in [-0.15, -0.1) is 0 Å². The van der Waals surface area contributed by atoms with Gasteiger partial charge in [0.25, 0.3) is 0 Å². The van der Waals surface area contributed by atoms with Gasteiger partial charge in [-0.05, 0) is 42.9 Å². The van der Waals surface area contributed by atoms with E-state index < -0.39 is 21.7 Å². The second kappa shape index (κ2) is 6.41. The highest BCUT2D eigenvalue weighted by Gasteiger charge is 2.73. The van der Waals surface area contributed by atoms with E-state index >= 15 is 0 Å². The Kier molecular flexibility index (Phi) is 4.65. The van der Waals surface area contributed by atoms with E-state index in [1.54, 1.807) is 0 Å². The summed E-state index contributed by atoms with van der Waals surface area (Å²) in [6.45, 7) is 13.2. The van der Waals surface area contributed by atoms with Gasteiger partial charge in [-0.3, -0.25) is 19.2 Å². The lowest BCUT2D eigenvalue weighted by atomic mass is 9.64. The van der Waals surface area contributed by atoms with Crippen LogP contribution in [0.15, 0.2) is 0 Å². The molecule has 0 unspecified atom stereocenters. The molecule has 4 bridgehead atoms. The normalized spacial score (nSPS) is 41.6. The largest absolute Gasteiger partial charge is 0.356 e. The van der Waals surface area contributed by atoms with E-state index in [9.17, 15) is 19.2 Å². The molecule has 0 spiro atoms. The van der Waals surface area contributed by atoms with Crippen LogP contribution in [0.2, 0.25) is 0 Å². The Hall–Kier alpha value is -1.72. The average Bonchev–Trinajstić information content (AvgIpc) is 3.15. The second-order valence-corrected chi connectivity index (χ2v) is 12.1. The van der Waals surface area contributed by atoms with Gasteiger partial charge in [0.05, 0.1) is 10.8 Å². The third kappa shape index (κ3) is 2.40. The van der Waals surface area contributed by atoms with Crippen LogP contribution in [-0.4, -0.2) is 36.5 Å². The topological polar surface area (TPSA) is 92.3 Å². The highest BCUT2D eigenvalue weighted by Crippen LogP contribution is 2.71. The monoisotopic (exact) mass is 430 g/mol. The van der Waals surface area contributed by atoms with Crippen LogP contribution in [0.1, 0.15) is 86.5 Å². The van der Waals surface area contributed by atoms with Crippen molar-refractivity contribution in [2.24, 2.45) is 32.5 Å². The Balaban J connectivity index is 1.30. The fourth-order valence-corrected chi connectivity index (χ4v) is 7.55. The quantitative estimate of drug-likeness (QED) is 0.633. The first kappa shape index (κ1) is 22.5. The van der Waals surface area contributed by atoms with Gasteiger partial charge in [-0.2, -0.15) is 0 Å². The number of amides is 2. The predicted octanol–water partition coefficient (Wildman–Crippen LogP) is 3.18. The first-order valence-corrected chi connectivity index (χ1v) is 11.9. The Bertz CT molecular complexity index is 807. The second-order valence-electron chi connectivity index (χ2n) is 12.1. The van der Waals surface area contributed by atoms with Gasteiger partial charge in [-0.25, -0.2) is 0 Å². The van der Waals surface area contributed by atoms with Crippen LogP contribution >= 0.6 is 0 Å². The molecule has 31 heavy (non-hydrogen) atoms. The van der Waals surface area contributed by atoms with Crippen LogP contribution in [0.25, 0.3) is 0 Å². The lowest BCUT2D eigenvalue weighted by Gasteiger charge is -2.39. The van der Waals surface area contributed by atoms with Crippen molar-refractivity contribution in [2.75, 3.05) is 13.1 Å². The fourth-order valence-electron chi connectivity index (χ4n) is 7.55. The molecule has 2 N–H and O–H groups in total. The summed E-state index contributed by atoms with van der Waals surface area (Å²) >= 11 is 0. The van der Waals surface area contributed by atoms with Crippen LogP contribution in [0.3, 0.4) is 0 Å². The van der Waals surface area contributed by atoms with Gasteiger partial charge in [0.2, 0.25) is 11.8 Å². The van der Waals surface area contributed by atoms with E-state index in [1.165, 1.54) is 0 Å². The molecule has 4 atom stereocenters. The van der Waals surface area contributed by atoms with Gasteiger partial charge in [0.15, 0.2) is 0 Å². The Labute approximate surface area is 185 Å². The summed E-state index contributed by atoms with van der Waals surface area (Å²) in [5, 5.41) is 6.09. The fraction of sp³-hybridized carbons (Fsp3) is 0.840. The third-order valence-electron chi connectivity index (χ3n) is 11.2. The Morgan fingerprint density at radius 2 is 1.03 bits per heavy atom. The van der Waals surface area contributed by atoms with Crippen molar-refractivity contribution in [1.29, 1.82) is 0 Å². The molecule has 0 aromatic rings. The zero-order chi connectivity index (χ0) is 23.1. The van der Waals surface area contributed by atoms with Crippen molar-refractivity contribution < 1.29 is 19.2 Å². The number of ketones is 2. The van der Waals surface area contributed by atoms with Crippen molar-refractivity contribution in [3.05, 3.63) is 0 Å². The lowest BCUT2D eigenvalue weighted by molar-refractivity contribution is -0.136. The Morgan fingerprint density at radius 1 is 0.677 bits per heavy atom. The molecule has 4 aliphatic carbocycles. The number of hydrogen-bond acceptors (Lipinski definition) is 4. The molecule has 6 nitrogen and oxygen atoms in total. The van der Waals surface area contributed by atoms with Crippen LogP contribution in [0.4, 0.5) is 0 Å². The third-order valence-corrected chi connectivity index (χ3v) is 11.2. The first-order valence-electron chi connectivity index (χ1n) is 11.9. The maximum atomic E-state index is 13.1. The van der Waals surface area contributed by atoms with E-state index in [2.05, 4.69) is 38.3 Å². The van der Waals surface area contributed by atoms with Crippen LogP contribution < -0.4 is 10.6 Å². The summed E-state index contributed by atoms with van der Waals surface area (Å²) in [7, 11) is 0. The molecule has 4 fully saturated rings. The average molecular weight is 431 g/mol. The number of Topliss-reactive ketones (excluding diaryl/α,β-unsaturated/α-hetero) is 2. The maximum absolute atomic E-state index is 13.1. The van der Waals surface area contributed by atoms with E-state index in [0.29, 0.717) is 32.4 Å². The predicted molar refractivity (Wildman–Crippen MR) is 117 cm³/mol. The number of hydrogen-bond donors (Lipinski definition) is 2. The standard InChI is InChI=1S/C25H38N2O4/c1-20(2)22(5)8-10-24(20,14-16(22)28)18(30)26-12-7-13-27-19(31)25-11-9-23(6,17(29)15-25)21(25,3)4/h7-15H2,1-6H3,(H,26,30)(H,27,31)/t22-,23-,24-,25-/m1/s1. The van der Waals surface area contributed by atoms with Gasteiger partial charge in [0, 0.05) is 36.8 Å². The molecule has 172 valence electrons. The zero-order valence-electron chi connectivity index (χ0n) is 20.0. The van der Waals surface area contributed by atoms with E-state index in [0.717, 1.165) is 25.7 Å². The van der Waals surface area contributed by atoms with Crippen LogP contribution in [-0.2, 0) is 19.2 Å². The molecule has 2 amide bonds. The zero-order valence-corrected chi connectivity index (χ0v) is 20.0. The van der Waals surface area contributed by atoms with E-state index in [1.807, 2.05) is 13.8 Å². The smallest absolute Gasteiger partial charge is 0.227 e. The van der Waals surface area contributed by atoms with Crippen LogP contribution in [0, 0.1) is 32.5 Å². The lowest BCUT2D eigenvalue weighted by Crippen LogP contribution is -2.48. The summed E-state index contributed by atoms with van der Waals surface area (Å²) < 4.78 is 0. The van der Waals surface area contributed by atoms with Gasteiger partial charge in [0.1, 0.15) is 11.6 Å². The molecule has 4 saturated carbocycles. The van der Waals surface area contributed by atoms with Crippen molar-refractivity contribution in [2.45, 2.75) is 86.5 Å². The Morgan fingerprint density at radius 3 is 1.29 bits per heavy atom. The summed E-state index contributed by atoms with van der Waals surface area (Å²) in [5.74, 6) is 0.377. The molecule has 0 aromatic carbocycles. The molecule has 6 heteroatoms. The van der Waals surface area contributed by atoms with Crippen molar-refractivity contribution in [1.82, 2.24) is 10.6 Å². The van der Waals surface area contributed by atoms with Crippen LogP contribution in [0.5, 0.6) is 0 Å². The molecule has 0 aromatic heterocycles. The molecule has 4 rings (SSSR count).